The minimum Gasteiger partial charge on any atom is -0.477 e. The van der Waals surface area contributed by atoms with E-state index in [1.54, 1.807) is 36.3 Å². The van der Waals surface area contributed by atoms with E-state index < -0.39 is 11.4 Å². The number of carboxylic acids is 1. The summed E-state index contributed by atoms with van der Waals surface area (Å²) in [4.78, 5) is 43.5. The van der Waals surface area contributed by atoms with Crippen molar-refractivity contribution in [3.05, 3.63) is 93.4 Å². The zero-order chi connectivity index (χ0) is 24.9. The van der Waals surface area contributed by atoms with Crippen LogP contribution in [0.2, 0.25) is 0 Å². The first-order valence-electron chi connectivity index (χ1n) is 11.5. The quantitative estimate of drug-likeness (QED) is 0.446. The molecule has 1 saturated carbocycles. The lowest BCUT2D eigenvalue weighted by Gasteiger charge is -2.20. The number of pyridine rings is 2. The SMILES string of the molecule is Cc1cc(-c2ccc3c(=O)c(C(=O)O)cn(C4CC4)c3c2C)cnc1N(C)C(=O)c1ccccc1. The van der Waals surface area contributed by atoms with Crippen LogP contribution < -0.4 is 10.3 Å². The van der Waals surface area contributed by atoms with Gasteiger partial charge in [0, 0.05) is 42.0 Å². The molecule has 5 rings (SSSR count). The molecule has 35 heavy (non-hydrogen) atoms. The van der Waals surface area contributed by atoms with Crippen LogP contribution in [0.15, 0.2) is 65.7 Å². The molecule has 2 aromatic carbocycles. The second-order valence-corrected chi connectivity index (χ2v) is 9.04. The van der Waals surface area contributed by atoms with E-state index >= 15 is 0 Å². The van der Waals surface area contributed by atoms with Gasteiger partial charge in [-0.15, -0.1) is 0 Å². The number of carbonyl (C=O) groups excluding carboxylic acids is 1. The Kier molecular flexibility index (Phi) is 5.47. The van der Waals surface area contributed by atoms with E-state index in [4.69, 9.17) is 0 Å². The fraction of sp³-hybridized carbons (Fsp3) is 0.214. The summed E-state index contributed by atoms with van der Waals surface area (Å²) >= 11 is 0. The van der Waals surface area contributed by atoms with Crippen LogP contribution in [-0.2, 0) is 0 Å². The molecule has 0 radical (unpaired) electrons. The number of carboxylic acid groups (broad SMARTS) is 1. The van der Waals surface area contributed by atoms with Crippen molar-refractivity contribution in [2.24, 2.45) is 0 Å². The number of hydrogen-bond acceptors (Lipinski definition) is 4. The molecule has 1 aliphatic rings. The predicted octanol–water partition coefficient (Wildman–Crippen LogP) is 4.99. The summed E-state index contributed by atoms with van der Waals surface area (Å²) in [6, 6.07) is 14.8. The summed E-state index contributed by atoms with van der Waals surface area (Å²) in [6.45, 7) is 3.86. The molecule has 0 saturated heterocycles. The molecule has 0 atom stereocenters. The van der Waals surface area contributed by atoms with Crippen molar-refractivity contribution in [2.45, 2.75) is 32.7 Å². The largest absolute Gasteiger partial charge is 0.477 e. The van der Waals surface area contributed by atoms with Crippen LogP contribution in [0.5, 0.6) is 0 Å². The molecule has 0 spiro atoms. The van der Waals surface area contributed by atoms with Gasteiger partial charge in [-0.25, -0.2) is 9.78 Å². The monoisotopic (exact) mass is 467 g/mol. The van der Waals surface area contributed by atoms with Gasteiger partial charge in [0.05, 0.1) is 5.52 Å². The van der Waals surface area contributed by atoms with Gasteiger partial charge in [0.15, 0.2) is 0 Å². The normalized spacial score (nSPS) is 13.1. The van der Waals surface area contributed by atoms with Gasteiger partial charge in [-0.05, 0) is 67.6 Å². The van der Waals surface area contributed by atoms with Crippen LogP contribution in [0.25, 0.3) is 22.0 Å². The highest BCUT2D eigenvalue weighted by Crippen LogP contribution is 2.39. The first-order chi connectivity index (χ1) is 16.8. The third kappa shape index (κ3) is 3.89. The van der Waals surface area contributed by atoms with Crippen molar-refractivity contribution in [3.8, 4) is 11.1 Å². The summed E-state index contributed by atoms with van der Waals surface area (Å²) in [5.41, 5.74) is 4.19. The summed E-state index contributed by atoms with van der Waals surface area (Å²) in [7, 11) is 1.71. The lowest BCUT2D eigenvalue weighted by Crippen LogP contribution is -2.27. The number of rotatable bonds is 5. The Hall–Kier alpha value is -4.26. The van der Waals surface area contributed by atoms with Crippen LogP contribution in [-0.4, -0.2) is 33.6 Å². The number of hydrogen-bond donors (Lipinski definition) is 1. The number of aryl methyl sites for hydroxylation is 2. The summed E-state index contributed by atoms with van der Waals surface area (Å²) in [5, 5.41) is 9.93. The average molecular weight is 468 g/mol. The van der Waals surface area contributed by atoms with Gasteiger partial charge in [-0.1, -0.05) is 24.3 Å². The topological polar surface area (TPSA) is 92.5 Å². The molecule has 176 valence electrons. The van der Waals surface area contributed by atoms with E-state index in [1.807, 2.05) is 48.7 Å². The Balaban J connectivity index is 1.59. The average Bonchev–Trinajstić information content (AvgIpc) is 3.69. The molecule has 1 N–H and O–H groups in total. The van der Waals surface area contributed by atoms with Gasteiger partial charge < -0.3 is 9.67 Å². The second-order valence-electron chi connectivity index (χ2n) is 9.04. The Morgan fingerprint density at radius 3 is 2.43 bits per heavy atom. The van der Waals surface area contributed by atoms with Crippen LogP contribution in [0.3, 0.4) is 0 Å². The Labute approximate surface area is 202 Å². The maximum atomic E-state index is 12.9. The molecule has 7 heteroatoms. The van der Waals surface area contributed by atoms with Gasteiger partial charge in [0.25, 0.3) is 5.91 Å². The fourth-order valence-electron chi connectivity index (χ4n) is 4.67. The van der Waals surface area contributed by atoms with Crippen molar-refractivity contribution < 1.29 is 14.7 Å². The fourth-order valence-corrected chi connectivity index (χ4v) is 4.67. The molecule has 1 fully saturated rings. The maximum Gasteiger partial charge on any atom is 0.341 e. The van der Waals surface area contributed by atoms with E-state index in [-0.39, 0.29) is 17.5 Å². The van der Waals surface area contributed by atoms with E-state index in [0.29, 0.717) is 16.8 Å². The number of benzene rings is 2. The number of carbonyl (C=O) groups is 2. The minimum atomic E-state index is -1.21. The Morgan fingerprint density at radius 2 is 1.80 bits per heavy atom. The first kappa shape index (κ1) is 22.5. The number of fused-ring (bicyclic) bond motifs is 1. The maximum absolute atomic E-state index is 12.9. The molecule has 1 aliphatic carbocycles. The summed E-state index contributed by atoms with van der Waals surface area (Å²) in [5.74, 6) is -0.779. The lowest BCUT2D eigenvalue weighted by molar-refractivity contribution is 0.0694. The van der Waals surface area contributed by atoms with Gasteiger partial charge in [0.2, 0.25) is 5.43 Å². The van der Waals surface area contributed by atoms with Crippen molar-refractivity contribution in [1.29, 1.82) is 0 Å². The smallest absolute Gasteiger partial charge is 0.341 e. The number of aromatic nitrogens is 2. The van der Waals surface area contributed by atoms with E-state index in [1.165, 1.54) is 6.20 Å². The molecule has 2 aromatic heterocycles. The summed E-state index contributed by atoms with van der Waals surface area (Å²) in [6.07, 6.45) is 5.13. The van der Waals surface area contributed by atoms with Crippen molar-refractivity contribution >= 4 is 28.6 Å². The number of anilines is 1. The van der Waals surface area contributed by atoms with Gasteiger partial charge >= 0.3 is 5.97 Å². The molecule has 0 unspecified atom stereocenters. The number of nitrogens with zero attached hydrogens (tertiary/aromatic N) is 3. The van der Waals surface area contributed by atoms with Crippen molar-refractivity contribution in [3.63, 3.8) is 0 Å². The number of aromatic carboxylic acids is 1. The zero-order valence-corrected chi connectivity index (χ0v) is 19.8. The van der Waals surface area contributed by atoms with Crippen molar-refractivity contribution in [1.82, 2.24) is 9.55 Å². The molecule has 2 heterocycles. The van der Waals surface area contributed by atoms with Crippen molar-refractivity contribution in [2.75, 3.05) is 11.9 Å². The lowest BCUT2D eigenvalue weighted by atomic mass is 9.96. The highest BCUT2D eigenvalue weighted by Gasteiger charge is 2.28. The van der Waals surface area contributed by atoms with E-state index in [2.05, 4.69) is 4.98 Å². The van der Waals surface area contributed by atoms with Crippen LogP contribution in [0.1, 0.15) is 50.7 Å². The molecule has 0 bridgehead atoms. The zero-order valence-electron chi connectivity index (χ0n) is 19.8. The van der Waals surface area contributed by atoms with E-state index in [0.717, 1.165) is 40.6 Å². The van der Waals surface area contributed by atoms with Gasteiger partial charge in [-0.3, -0.25) is 14.5 Å². The van der Waals surface area contributed by atoms with Crippen LogP contribution >= 0.6 is 0 Å². The molecular formula is C28H25N3O4. The van der Waals surface area contributed by atoms with E-state index in [9.17, 15) is 19.5 Å². The third-order valence-electron chi connectivity index (χ3n) is 6.62. The number of amides is 1. The highest BCUT2D eigenvalue weighted by molar-refractivity contribution is 6.05. The molecule has 7 nitrogen and oxygen atoms in total. The summed E-state index contributed by atoms with van der Waals surface area (Å²) < 4.78 is 1.94. The van der Waals surface area contributed by atoms with Gasteiger partial charge in [0.1, 0.15) is 11.4 Å². The molecule has 1 amide bonds. The van der Waals surface area contributed by atoms with Crippen LogP contribution in [0, 0.1) is 13.8 Å². The van der Waals surface area contributed by atoms with Crippen LogP contribution in [0.4, 0.5) is 5.82 Å². The second kappa shape index (κ2) is 8.51. The highest BCUT2D eigenvalue weighted by atomic mass is 16.4. The molecule has 0 aliphatic heterocycles. The Morgan fingerprint density at radius 1 is 1.09 bits per heavy atom. The predicted molar refractivity (Wildman–Crippen MR) is 135 cm³/mol. The van der Waals surface area contributed by atoms with Gasteiger partial charge in [-0.2, -0.15) is 0 Å². The Bertz CT molecular complexity index is 1550. The molecular weight excluding hydrogens is 442 g/mol. The first-order valence-corrected chi connectivity index (χ1v) is 11.5. The minimum absolute atomic E-state index is 0.140. The third-order valence-corrected chi connectivity index (χ3v) is 6.62. The molecule has 4 aromatic rings. The standard InChI is InChI=1S/C28H25N3O4/c1-16-13-19(14-29-26(16)30(3)27(33)18-7-5-4-6-8-18)21-11-12-22-24(17(21)2)31(20-9-10-20)15-23(25(22)32)28(34)35/h4-8,11-15,20H,9-10H2,1-3H3,(H,34,35).